The number of likely N-dealkylation sites (tertiary alicyclic amines) is 2. The Labute approximate surface area is 210 Å². The van der Waals surface area contributed by atoms with Crippen LogP contribution in [0.5, 0.6) is 0 Å². The van der Waals surface area contributed by atoms with Crippen molar-refractivity contribution in [1.82, 2.24) is 15.1 Å². The van der Waals surface area contributed by atoms with Crippen LogP contribution >= 0.6 is 22.6 Å². The molecule has 9 heteroatoms. The van der Waals surface area contributed by atoms with Gasteiger partial charge in [-0.3, -0.25) is 9.59 Å². The van der Waals surface area contributed by atoms with Gasteiger partial charge in [0.2, 0.25) is 5.91 Å². The molecule has 2 fully saturated rings. The zero-order chi connectivity index (χ0) is 24.2. The monoisotopic (exact) mass is 585 g/mol. The molecule has 182 valence electrons. The fourth-order valence-electron chi connectivity index (χ4n) is 4.47. The minimum Gasteiger partial charge on any atom is -0.354 e. The first-order valence-corrected chi connectivity index (χ1v) is 12.6. The van der Waals surface area contributed by atoms with Gasteiger partial charge in [0.25, 0.3) is 5.91 Å². The Kier molecular flexibility index (Phi) is 8.13. The number of nitrogens with one attached hydrogen (secondary N) is 1. The minimum atomic E-state index is -1.16. The number of benzene rings is 2. The highest BCUT2D eigenvalue weighted by Crippen LogP contribution is 2.26. The predicted octanol–water partition coefficient (Wildman–Crippen LogP) is 3.97. The summed E-state index contributed by atoms with van der Waals surface area (Å²) in [5.41, 5.74) is -0.0196. The summed E-state index contributed by atoms with van der Waals surface area (Å²) in [6.45, 7) is 3.93. The second kappa shape index (κ2) is 11.1. The van der Waals surface area contributed by atoms with Gasteiger partial charge in [0.05, 0.1) is 5.92 Å². The molecule has 0 aromatic heterocycles. The van der Waals surface area contributed by atoms with Crippen molar-refractivity contribution in [3.8, 4) is 0 Å². The molecule has 2 aliphatic heterocycles. The lowest BCUT2D eigenvalue weighted by molar-refractivity contribution is -0.129. The first-order chi connectivity index (χ1) is 16.3. The fourth-order valence-corrected chi connectivity index (χ4v) is 4.92. The molecule has 1 N–H and O–H groups in total. The maximum Gasteiger partial charge on any atom is 0.254 e. The summed E-state index contributed by atoms with van der Waals surface area (Å²) in [4.78, 5) is 29.2. The van der Waals surface area contributed by atoms with E-state index in [2.05, 4.69) is 10.2 Å². The second-order valence-corrected chi connectivity index (χ2v) is 10.1. The molecule has 2 aromatic rings. The lowest BCUT2D eigenvalue weighted by Gasteiger charge is -2.38. The van der Waals surface area contributed by atoms with Crippen molar-refractivity contribution < 1.29 is 22.8 Å². The first-order valence-electron chi connectivity index (χ1n) is 11.5. The van der Waals surface area contributed by atoms with Crippen LogP contribution in [0, 0.1) is 26.9 Å². The molecule has 5 nitrogen and oxygen atoms in total. The van der Waals surface area contributed by atoms with E-state index in [0.717, 1.165) is 25.7 Å². The van der Waals surface area contributed by atoms with Crippen LogP contribution in [0.15, 0.2) is 30.3 Å². The highest BCUT2D eigenvalue weighted by atomic mass is 127. The smallest absolute Gasteiger partial charge is 0.254 e. The molecule has 0 unspecified atom stereocenters. The summed E-state index contributed by atoms with van der Waals surface area (Å²) in [5.74, 6) is -3.71. The average molecular weight is 585 g/mol. The van der Waals surface area contributed by atoms with E-state index in [0.29, 0.717) is 10.1 Å². The molecular formula is C25H27F3IN3O2. The third-order valence-electron chi connectivity index (χ3n) is 6.52. The Balaban J connectivity index is 1.37. The summed E-state index contributed by atoms with van der Waals surface area (Å²) in [5, 5.41) is 2.93. The summed E-state index contributed by atoms with van der Waals surface area (Å²) in [7, 11) is 0. The third kappa shape index (κ3) is 5.73. The van der Waals surface area contributed by atoms with Gasteiger partial charge in [-0.15, -0.1) is 0 Å². The van der Waals surface area contributed by atoms with Crippen molar-refractivity contribution in [2.75, 3.05) is 39.3 Å². The van der Waals surface area contributed by atoms with E-state index in [1.165, 1.54) is 42.4 Å². The van der Waals surface area contributed by atoms with Gasteiger partial charge < -0.3 is 15.1 Å². The summed E-state index contributed by atoms with van der Waals surface area (Å²) >= 11 is 1.96. The SMILES string of the molecule is O=C(NCCN1CCCCC1)C1CN(C(=O)c2ccc(F)c(F)c2Cc2ccc(I)cc2F)C1. The molecule has 0 spiro atoms. The molecule has 0 bridgehead atoms. The van der Waals surface area contributed by atoms with Crippen LogP contribution in [0.1, 0.15) is 40.7 Å². The zero-order valence-corrected chi connectivity index (χ0v) is 20.9. The van der Waals surface area contributed by atoms with Gasteiger partial charge in [-0.1, -0.05) is 12.5 Å². The molecule has 2 aliphatic rings. The summed E-state index contributed by atoms with van der Waals surface area (Å²) in [6.07, 6.45) is 3.39. The number of rotatable bonds is 7. The lowest BCUT2D eigenvalue weighted by atomic mass is 9.94. The molecule has 2 heterocycles. The van der Waals surface area contributed by atoms with Crippen LogP contribution in [0.25, 0.3) is 0 Å². The molecule has 2 aromatic carbocycles. The van der Waals surface area contributed by atoms with Crippen LogP contribution in [0.2, 0.25) is 0 Å². The van der Waals surface area contributed by atoms with Crippen molar-refractivity contribution in [3.05, 3.63) is 68.0 Å². The Morgan fingerprint density at radius 3 is 2.44 bits per heavy atom. The Hall–Kier alpha value is -2.14. The quantitative estimate of drug-likeness (QED) is 0.501. The van der Waals surface area contributed by atoms with Crippen LogP contribution in [0.3, 0.4) is 0 Å². The van der Waals surface area contributed by atoms with E-state index in [9.17, 15) is 22.8 Å². The van der Waals surface area contributed by atoms with Crippen molar-refractivity contribution >= 4 is 34.4 Å². The Morgan fingerprint density at radius 1 is 1.00 bits per heavy atom. The number of nitrogens with zero attached hydrogens (tertiary/aromatic N) is 2. The van der Waals surface area contributed by atoms with Crippen LogP contribution < -0.4 is 5.32 Å². The van der Waals surface area contributed by atoms with Crippen LogP contribution in [0.4, 0.5) is 13.2 Å². The molecular weight excluding hydrogens is 558 g/mol. The van der Waals surface area contributed by atoms with E-state index in [1.54, 1.807) is 6.07 Å². The minimum absolute atomic E-state index is 0.0131. The average Bonchev–Trinajstić information content (AvgIpc) is 2.78. The predicted molar refractivity (Wildman–Crippen MR) is 131 cm³/mol. The maximum absolute atomic E-state index is 14.7. The van der Waals surface area contributed by atoms with Crippen molar-refractivity contribution in [1.29, 1.82) is 0 Å². The molecule has 0 saturated carbocycles. The van der Waals surface area contributed by atoms with Gasteiger partial charge in [-0.2, -0.15) is 0 Å². The van der Waals surface area contributed by atoms with Gasteiger partial charge in [0.15, 0.2) is 11.6 Å². The van der Waals surface area contributed by atoms with Gasteiger partial charge in [0.1, 0.15) is 5.82 Å². The normalized spacial score (nSPS) is 16.9. The van der Waals surface area contributed by atoms with E-state index >= 15 is 0 Å². The van der Waals surface area contributed by atoms with Crippen LogP contribution in [-0.4, -0.2) is 60.9 Å². The number of carbonyl (C=O) groups is 2. The van der Waals surface area contributed by atoms with Crippen LogP contribution in [-0.2, 0) is 11.2 Å². The largest absolute Gasteiger partial charge is 0.354 e. The Bertz CT molecular complexity index is 1070. The number of hydrogen-bond donors (Lipinski definition) is 1. The number of carbonyl (C=O) groups excluding carboxylic acids is 2. The molecule has 4 rings (SSSR count). The van der Waals surface area contributed by atoms with E-state index in [-0.39, 0.29) is 48.0 Å². The van der Waals surface area contributed by atoms with E-state index in [1.807, 2.05) is 22.6 Å². The molecule has 2 amide bonds. The van der Waals surface area contributed by atoms with E-state index in [4.69, 9.17) is 0 Å². The fraction of sp³-hybridized carbons (Fsp3) is 0.440. The van der Waals surface area contributed by atoms with Crippen molar-refractivity contribution in [2.45, 2.75) is 25.7 Å². The lowest BCUT2D eigenvalue weighted by Crippen LogP contribution is -2.56. The summed E-state index contributed by atoms with van der Waals surface area (Å²) < 4.78 is 43.6. The van der Waals surface area contributed by atoms with Crippen molar-refractivity contribution in [3.63, 3.8) is 0 Å². The van der Waals surface area contributed by atoms with Gasteiger partial charge in [0, 0.05) is 47.3 Å². The highest BCUT2D eigenvalue weighted by Gasteiger charge is 2.37. The first kappa shape index (κ1) is 25.0. The van der Waals surface area contributed by atoms with Gasteiger partial charge >= 0.3 is 0 Å². The van der Waals surface area contributed by atoms with Crippen molar-refractivity contribution in [2.24, 2.45) is 5.92 Å². The number of hydrogen-bond acceptors (Lipinski definition) is 3. The summed E-state index contributed by atoms with van der Waals surface area (Å²) in [6, 6.07) is 6.61. The molecule has 0 atom stereocenters. The van der Waals surface area contributed by atoms with Gasteiger partial charge in [-0.25, -0.2) is 13.2 Å². The molecule has 0 aliphatic carbocycles. The molecule has 34 heavy (non-hydrogen) atoms. The van der Waals surface area contributed by atoms with E-state index < -0.39 is 23.4 Å². The maximum atomic E-state index is 14.7. The highest BCUT2D eigenvalue weighted by molar-refractivity contribution is 14.1. The standard InChI is InChI=1S/C25H27F3IN3O2/c26-21-7-6-19(20(23(21)28)12-16-4-5-18(29)13-22(16)27)25(34)32-14-17(15-32)24(33)30-8-11-31-9-2-1-3-10-31/h4-7,13,17H,1-3,8-12,14-15H2,(H,30,33). The Morgan fingerprint density at radius 2 is 1.74 bits per heavy atom. The number of halogens is 4. The molecule has 0 radical (unpaired) electrons. The number of amides is 2. The van der Waals surface area contributed by atoms with Gasteiger partial charge in [-0.05, 0) is 78.4 Å². The zero-order valence-electron chi connectivity index (χ0n) is 18.8. The third-order valence-corrected chi connectivity index (χ3v) is 7.20. The second-order valence-electron chi connectivity index (χ2n) is 8.90. The molecule has 2 saturated heterocycles. The topological polar surface area (TPSA) is 52.7 Å². The number of piperidine rings is 1.